The van der Waals surface area contributed by atoms with Gasteiger partial charge in [0.15, 0.2) is 0 Å². The summed E-state index contributed by atoms with van der Waals surface area (Å²) >= 11 is 4.15. The second kappa shape index (κ2) is 18.6. The van der Waals surface area contributed by atoms with Crippen molar-refractivity contribution in [1.82, 2.24) is 19.9 Å². The fraction of sp³-hybridized carbons (Fsp3) is 0. The Labute approximate surface area is 305 Å². The number of benzene rings is 3. The predicted octanol–water partition coefficient (Wildman–Crippen LogP) is 11.3. The number of halogens is 2. The number of azo groups is 2. The molecule has 7 rings (SSSR count). The second-order valence-corrected chi connectivity index (χ2v) is 10.6. The smallest absolute Gasteiger partial charge is 0.0887 e. The summed E-state index contributed by atoms with van der Waals surface area (Å²) in [4.78, 5) is 15.6. The predicted molar refractivity (Wildman–Crippen MR) is 209 cm³/mol. The average molecular weight is 846 g/mol. The fourth-order valence-electron chi connectivity index (χ4n) is 4.25. The van der Waals surface area contributed by atoms with Crippen LogP contribution in [-0.2, 0) is 0 Å². The molecule has 0 radical (unpaired) electrons. The van der Waals surface area contributed by atoms with Crippen LogP contribution in [0.5, 0.6) is 0 Å². The standard InChI is InChI=1S/C18H8I2.2C10H8N4/c19-9-7-13-3-1-5-15-11-16-6-2-4-14(8-10-20)18(16)12-17(13)15;2*1-5-11-6-2-9(1)13-14-10-3-7-12-8-4-10/h1-6,11-12H;2*1-8H. The van der Waals surface area contributed by atoms with Gasteiger partial charge in [-0.2, -0.15) is 20.5 Å². The Morgan fingerprint density at radius 3 is 1.00 bits per heavy atom. The van der Waals surface area contributed by atoms with Gasteiger partial charge in [0.05, 0.1) is 22.7 Å². The van der Waals surface area contributed by atoms with E-state index >= 15 is 0 Å². The minimum atomic E-state index is 0.789. The maximum Gasteiger partial charge on any atom is 0.0887 e. The van der Waals surface area contributed by atoms with Gasteiger partial charge < -0.3 is 0 Å². The molecular formula is C38H24I2N8. The summed E-state index contributed by atoms with van der Waals surface area (Å²) in [5.74, 6) is 6.33. The molecule has 0 atom stereocenters. The van der Waals surface area contributed by atoms with Crippen molar-refractivity contribution in [3.63, 3.8) is 0 Å². The summed E-state index contributed by atoms with van der Waals surface area (Å²) < 4.78 is 5.91. The number of fused-ring (bicyclic) bond motifs is 2. The van der Waals surface area contributed by atoms with Crippen LogP contribution in [0.3, 0.4) is 0 Å². The summed E-state index contributed by atoms with van der Waals surface area (Å²) in [6, 6.07) is 31.3. The van der Waals surface area contributed by atoms with E-state index in [1.807, 2.05) is 0 Å². The topological polar surface area (TPSA) is 101 Å². The molecule has 0 saturated heterocycles. The minimum absolute atomic E-state index is 0.789. The Hall–Kier alpha value is -5.44. The highest BCUT2D eigenvalue weighted by Gasteiger charge is 2.04. The first-order valence-corrected chi connectivity index (χ1v) is 16.5. The Kier molecular flexibility index (Phi) is 13.2. The van der Waals surface area contributed by atoms with Gasteiger partial charge in [-0.25, -0.2) is 0 Å². The average Bonchev–Trinajstić information content (AvgIpc) is 3.15. The summed E-state index contributed by atoms with van der Waals surface area (Å²) in [6.45, 7) is 0. The largest absolute Gasteiger partial charge is 0.265 e. The third-order valence-electron chi connectivity index (χ3n) is 6.46. The van der Waals surface area contributed by atoms with Crippen LogP contribution in [0.2, 0.25) is 0 Å². The zero-order valence-corrected chi connectivity index (χ0v) is 29.5. The summed E-state index contributed by atoms with van der Waals surface area (Å²) in [5, 5.41) is 20.9. The van der Waals surface area contributed by atoms with Crippen molar-refractivity contribution in [3.05, 3.63) is 158 Å². The molecule has 230 valence electrons. The highest BCUT2D eigenvalue weighted by Crippen LogP contribution is 2.27. The fourth-order valence-corrected chi connectivity index (χ4v) is 4.83. The Morgan fingerprint density at radius 1 is 0.396 bits per heavy atom. The van der Waals surface area contributed by atoms with Gasteiger partial charge in [0.1, 0.15) is 0 Å². The maximum atomic E-state index is 4.03. The van der Waals surface area contributed by atoms with E-state index in [2.05, 4.69) is 154 Å². The van der Waals surface area contributed by atoms with Crippen LogP contribution in [0.4, 0.5) is 22.7 Å². The van der Waals surface area contributed by atoms with E-state index in [4.69, 9.17) is 0 Å². The van der Waals surface area contributed by atoms with E-state index in [-0.39, 0.29) is 0 Å². The third kappa shape index (κ3) is 10.3. The SMILES string of the molecule is IC#Cc1cccc2cc3cccc(C#CI)c3cc12.c1cc(N=Nc2ccncc2)ccn1.c1cc(N=Nc2ccncc2)ccn1. The van der Waals surface area contributed by atoms with Gasteiger partial charge in [-0.1, -0.05) is 36.1 Å². The molecule has 0 aliphatic heterocycles. The van der Waals surface area contributed by atoms with Crippen LogP contribution in [0.1, 0.15) is 11.1 Å². The van der Waals surface area contributed by atoms with Crippen molar-refractivity contribution in [2.75, 3.05) is 0 Å². The van der Waals surface area contributed by atoms with Gasteiger partial charge in [0.25, 0.3) is 0 Å². The molecule has 0 amide bonds. The third-order valence-corrected chi connectivity index (χ3v) is 7.00. The highest BCUT2D eigenvalue weighted by atomic mass is 127. The lowest BCUT2D eigenvalue weighted by Gasteiger charge is -2.06. The van der Waals surface area contributed by atoms with E-state index in [0.717, 1.165) is 33.9 Å². The lowest BCUT2D eigenvalue weighted by molar-refractivity contribution is 1.19. The molecule has 4 heterocycles. The zero-order chi connectivity index (χ0) is 33.2. The molecule has 3 aromatic carbocycles. The first kappa shape index (κ1) is 33.9. The van der Waals surface area contributed by atoms with Crippen molar-refractivity contribution in [2.45, 2.75) is 0 Å². The number of rotatable bonds is 4. The molecule has 48 heavy (non-hydrogen) atoms. The van der Waals surface area contributed by atoms with Crippen molar-refractivity contribution in [3.8, 4) is 19.7 Å². The number of hydrogen-bond donors (Lipinski definition) is 0. The van der Waals surface area contributed by atoms with Gasteiger partial charge in [-0.05, 0) is 102 Å². The van der Waals surface area contributed by atoms with E-state index in [1.54, 1.807) is 98.1 Å². The molecule has 7 aromatic rings. The Morgan fingerprint density at radius 2 is 0.708 bits per heavy atom. The summed E-state index contributed by atoms with van der Waals surface area (Å²) in [7, 11) is 0. The Balaban J connectivity index is 0.000000145. The highest BCUT2D eigenvalue weighted by molar-refractivity contribution is 14.1. The van der Waals surface area contributed by atoms with Gasteiger partial charge in [-0.3, -0.25) is 19.9 Å². The molecule has 4 aromatic heterocycles. The molecule has 0 N–H and O–H groups in total. The molecule has 10 heteroatoms. The van der Waals surface area contributed by atoms with Crippen LogP contribution >= 0.6 is 45.2 Å². The van der Waals surface area contributed by atoms with Gasteiger partial charge >= 0.3 is 0 Å². The van der Waals surface area contributed by atoms with Crippen LogP contribution in [0, 0.1) is 19.7 Å². The van der Waals surface area contributed by atoms with E-state index in [1.165, 1.54) is 21.5 Å². The monoisotopic (exact) mass is 846 g/mol. The van der Waals surface area contributed by atoms with Crippen molar-refractivity contribution < 1.29 is 0 Å². The van der Waals surface area contributed by atoms with Crippen molar-refractivity contribution in [1.29, 1.82) is 0 Å². The van der Waals surface area contributed by atoms with Gasteiger partial charge in [-0.15, -0.1) is 0 Å². The van der Waals surface area contributed by atoms with E-state index in [9.17, 15) is 0 Å². The van der Waals surface area contributed by atoms with Crippen molar-refractivity contribution >= 4 is 89.5 Å². The molecule has 0 aliphatic rings. The van der Waals surface area contributed by atoms with Crippen LogP contribution < -0.4 is 0 Å². The molecular weight excluding hydrogens is 822 g/mol. The van der Waals surface area contributed by atoms with E-state index in [0.29, 0.717) is 0 Å². The molecule has 0 spiro atoms. The summed E-state index contributed by atoms with van der Waals surface area (Å²) in [6.07, 6.45) is 13.5. The number of nitrogens with zero attached hydrogens (tertiary/aromatic N) is 8. The number of pyridine rings is 4. The number of hydrogen-bond acceptors (Lipinski definition) is 8. The van der Waals surface area contributed by atoms with Crippen molar-refractivity contribution in [2.24, 2.45) is 20.5 Å². The second-order valence-electron chi connectivity index (χ2n) is 9.57. The lowest BCUT2D eigenvalue weighted by Crippen LogP contribution is -1.84. The summed E-state index contributed by atoms with van der Waals surface area (Å²) in [5.41, 5.74) is 5.29. The van der Waals surface area contributed by atoms with Gasteiger partial charge in [0.2, 0.25) is 0 Å². The maximum absolute atomic E-state index is 4.03. The van der Waals surface area contributed by atoms with Gasteiger partial charge in [0, 0.05) is 106 Å². The molecule has 0 bridgehead atoms. The van der Waals surface area contributed by atoms with Crippen LogP contribution in [-0.4, -0.2) is 19.9 Å². The molecule has 8 nitrogen and oxygen atoms in total. The molecule has 0 unspecified atom stereocenters. The quantitative estimate of drug-likeness (QED) is 0.0762. The first-order valence-electron chi connectivity index (χ1n) is 14.4. The normalized spacial score (nSPS) is 10.2. The number of aromatic nitrogens is 4. The Bertz CT molecular complexity index is 2020. The molecule has 0 aliphatic carbocycles. The molecule has 0 fully saturated rings. The lowest BCUT2D eigenvalue weighted by atomic mass is 9.97. The molecule has 0 saturated carbocycles. The minimum Gasteiger partial charge on any atom is -0.265 e. The zero-order valence-electron chi connectivity index (χ0n) is 25.2. The van der Waals surface area contributed by atoms with Crippen LogP contribution in [0.25, 0.3) is 21.5 Å². The van der Waals surface area contributed by atoms with Crippen LogP contribution in [0.15, 0.2) is 167 Å². The van der Waals surface area contributed by atoms with E-state index < -0.39 is 0 Å². The first-order chi connectivity index (χ1) is 23.7.